The van der Waals surface area contributed by atoms with Gasteiger partial charge in [-0.3, -0.25) is 19.5 Å². The van der Waals surface area contributed by atoms with Crippen LogP contribution in [0.5, 0.6) is 0 Å². The summed E-state index contributed by atoms with van der Waals surface area (Å²) in [6.45, 7) is 5.93. The number of carbonyl (C=O) groups is 2. The highest BCUT2D eigenvalue weighted by atomic mass is 16.3. The second kappa shape index (κ2) is 9.95. The number of rotatable bonds is 5. The summed E-state index contributed by atoms with van der Waals surface area (Å²) in [5.74, 6) is -1.53. The lowest BCUT2D eigenvalue weighted by molar-refractivity contribution is -0.132. The minimum atomic E-state index is -0.756. The third kappa shape index (κ3) is 4.38. The molecule has 2 aliphatic heterocycles. The molecule has 1 amide bonds. The molecule has 0 spiro atoms. The minimum absolute atomic E-state index is 0.0820. The maximum absolute atomic E-state index is 13.4. The number of Topliss-reactive ketones (excluding diaryl/α,β-unsaturated/α-hetero) is 1. The van der Waals surface area contributed by atoms with Crippen LogP contribution < -0.4 is 9.80 Å². The molecule has 3 aromatic rings. The van der Waals surface area contributed by atoms with E-state index in [0.29, 0.717) is 16.8 Å². The molecule has 0 saturated carbocycles. The van der Waals surface area contributed by atoms with Crippen molar-refractivity contribution in [2.75, 3.05) is 43.0 Å². The molecule has 1 N–H and O–H groups in total. The van der Waals surface area contributed by atoms with Crippen molar-refractivity contribution >= 4 is 28.8 Å². The van der Waals surface area contributed by atoms with Crippen LogP contribution in [0.3, 0.4) is 0 Å². The summed E-state index contributed by atoms with van der Waals surface area (Å²) in [5.41, 5.74) is 4.11. The molecule has 1 aromatic heterocycles. The van der Waals surface area contributed by atoms with Gasteiger partial charge in [0.2, 0.25) is 0 Å². The van der Waals surface area contributed by atoms with Gasteiger partial charge in [0.25, 0.3) is 11.7 Å². The molecule has 5 rings (SSSR count). The van der Waals surface area contributed by atoms with Gasteiger partial charge in [-0.15, -0.1) is 0 Å². The Morgan fingerprint density at radius 2 is 1.50 bits per heavy atom. The van der Waals surface area contributed by atoms with Gasteiger partial charge in [0.05, 0.1) is 11.6 Å². The van der Waals surface area contributed by atoms with E-state index in [4.69, 9.17) is 0 Å². The number of benzene rings is 2. The van der Waals surface area contributed by atoms with Gasteiger partial charge in [-0.1, -0.05) is 31.2 Å². The summed E-state index contributed by atoms with van der Waals surface area (Å²) in [7, 11) is 2.12. The summed E-state index contributed by atoms with van der Waals surface area (Å²) in [4.78, 5) is 36.9. The number of pyridine rings is 1. The zero-order chi connectivity index (χ0) is 25.2. The number of amides is 1. The second-order valence-electron chi connectivity index (χ2n) is 9.31. The van der Waals surface area contributed by atoms with Gasteiger partial charge in [0.1, 0.15) is 5.76 Å². The minimum Gasteiger partial charge on any atom is -0.507 e. The van der Waals surface area contributed by atoms with Gasteiger partial charge in [-0.25, -0.2) is 0 Å². The number of ketones is 1. The van der Waals surface area contributed by atoms with Crippen molar-refractivity contribution in [2.45, 2.75) is 19.4 Å². The molecule has 184 valence electrons. The molecule has 0 aliphatic carbocycles. The zero-order valence-corrected chi connectivity index (χ0v) is 20.6. The molecule has 2 aliphatic rings. The number of piperazine rings is 1. The van der Waals surface area contributed by atoms with Gasteiger partial charge >= 0.3 is 0 Å². The number of aromatic nitrogens is 1. The fourth-order valence-electron chi connectivity index (χ4n) is 4.90. The van der Waals surface area contributed by atoms with Crippen molar-refractivity contribution in [1.82, 2.24) is 9.88 Å². The van der Waals surface area contributed by atoms with Crippen molar-refractivity contribution in [3.63, 3.8) is 0 Å². The van der Waals surface area contributed by atoms with Crippen LogP contribution in [0.2, 0.25) is 0 Å². The van der Waals surface area contributed by atoms with E-state index in [1.807, 2.05) is 36.4 Å². The fourth-order valence-corrected chi connectivity index (χ4v) is 4.90. The number of likely N-dealkylation sites (N-methyl/N-ethyl adjacent to an activating group) is 1. The highest BCUT2D eigenvalue weighted by Gasteiger charge is 2.47. The zero-order valence-electron chi connectivity index (χ0n) is 20.6. The van der Waals surface area contributed by atoms with Crippen molar-refractivity contribution in [2.24, 2.45) is 0 Å². The lowest BCUT2D eigenvalue weighted by atomic mass is 9.95. The van der Waals surface area contributed by atoms with Gasteiger partial charge in [-0.2, -0.15) is 0 Å². The molecular formula is C29H30N4O3. The van der Waals surface area contributed by atoms with E-state index < -0.39 is 17.7 Å². The number of aliphatic hydroxyl groups is 1. The average Bonchev–Trinajstić information content (AvgIpc) is 3.19. The first-order chi connectivity index (χ1) is 17.5. The maximum atomic E-state index is 13.4. The molecule has 3 heterocycles. The molecule has 7 heteroatoms. The lowest BCUT2D eigenvalue weighted by Gasteiger charge is -2.34. The van der Waals surface area contributed by atoms with Crippen molar-refractivity contribution in [3.05, 3.63) is 95.3 Å². The first-order valence-corrected chi connectivity index (χ1v) is 12.3. The van der Waals surface area contributed by atoms with Crippen molar-refractivity contribution < 1.29 is 14.7 Å². The Labute approximate surface area is 211 Å². The predicted molar refractivity (Wildman–Crippen MR) is 141 cm³/mol. The van der Waals surface area contributed by atoms with Gasteiger partial charge in [0, 0.05) is 55.5 Å². The number of hydrogen-bond acceptors (Lipinski definition) is 6. The van der Waals surface area contributed by atoms with Gasteiger partial charge < -0.3 is 14.9 Å². The van der Waals surface area contributed by atoms with Crippen LogP contribution in [0.25, 0.3) is 5.76 Å². The normalized spacial score (nSPS) is 20.2. The second-order valence-corrected chi connectivity index (χ2v) is 9.31. The summed E-state index contributed by atoms with van der Waals surface area (Å²) < 4.78 is 0. The maximum Gasteiger partial charge on any atom is 0.300 e. The lowest BCUT2D eigenvalue weighted by Crippen LogP contribution is -2.44. The molecule has 7 nitrogen and oxygen atoms in total. The number of aryl methyl sites for hydroxylation is 1. The van der Waals surface area contributed by atoms with Gasteiger partial charge in [-0.05, 0) is 61.0 Å². The Kier molecular flexibility index (Phi) is 6.57. The van der Waals surface area contributed by atoms with E-state index >= 15 is 0 Å². The molecular weight excluding hydrogens is 452 g/mol. The van der Waals surface area contributed by atoms with Gasteiger partial charge in [0.15, 0.2) is 0 Å². The number of anilines is 2. The van der Waals surface area contributed by atoms with E-state index in [1.165, 1.54) is 4.90 Å². The Morgan fingerprint density at radius 3 is 2.11 bits per heavy atom. The monoisotopic (exact) mass is 482 g/mol. The van der Waals surface area contributed by atoms with E-state index in [-0.39, 0.29) is 11.3 Å². The van der Waals surface area contributed by atoms with Crippen LogP contribution in [0, 0.1) is 0 Å². The Bertz CT molecular complexity index is 1280. The summed E-state index contributed by atoms with van der Waals surface area (Å²) in [5, 5.41) is 11.3. The average molecular weight is 483 g/mol. The SMILES string of the molecule is CCc1ccc(/C(O)=C2\C(=O)C(=O)N(c3ccc(N4CCN(C)CC4)cc3)C2c2ccncc2)cc1. The molecule has 1 atom stereocenters. The molecule has 0 radical (unpaired) electrons. The number of hydrogen-bond donors (Lipinski definition) is 1. The van der Waals surface area contributed by atoms with Crippen LogP contribution in [-0.4, -0.2) is 59.9 Å². The molecule has 36 heavy (non-hydrogen) atoms. The summed E-state index contributed by atoms with van der Waals surface area (Å²) in [6.07, 6.45) is 4.12. The Hall–Kier alpha value is -3.97. The molecule has 1 unspecified atom stereocenters. The third-order valence-corrected chi connectivity index (χ3v) is 7.10. The van der Waals surface area contributed by atoms with Crippen molar-refractivity contribution in [1.29, 1.82) is 0 Å². The molecule has 0 bridgehead atoms. The van der Waals surface area contributed by atoms with Crippen LogP contribution >= 0.6 is 0 Å². The number of nitrogens with zero attached hydrogens (tertiary/aromatic N) is 4. The fraction of sp³-hybridized carbons (Fsp3) is 0.276. The largest absolute Gasteiger partial charge is 0.507 e. The quantitative estimate of drug-likeness (QED) is 0.336. The molecule has 2 saturated heterocycles. The standard InChI is InChI=1S/C29H30N4O3/c1-3-20-4-6-22(7-5-20)27(34)25-26(21-12-14-30-15-13-21)33(29(36)28(25)35)24-10-8-23(9-11-24)32-18-16-31(2)17-19-32/h4-15,26,34H,3,16-19H2,1-2H3/b27-25+. The summed E-state index contributed by atoms with van der Waals surface area (Å²) >= 11 is 0. The Balaban J connectivity index is 1.55. The van der Waals surface area contributed by atoms with E-state index in [1.54, 1.807) is 36.7 Å². The van der Waals surface area contributed by atoms with Crippen molar-refractivity contribution in [3.8, 4) is 0 Å². The topological polar surface area (TPSA) is 77.0 Å². The smallest absolute Gasteiger partial charge is 0.300 e. The van der Waals surface area contributed by atoms with E-state index in [2.05, 4.69) is 28.8 Å². The number of carbonyl (C=O) groups excluding carboxylic acids is 2. The van der Waals surface area contributed by atoms with E-state index in [0.717, 1.165) is 43.9 Å². The molecule has 2 aromatic carbocycles. The van der Waals surface area contributed by atoms with Crippen LogP contribution in [0.1, 0.15) is 29.7 Å². The van der Waals surface area contributed by atoms with Crippen LogP contribution in [-0.2, 0) is 16.0 Å². The highest BCUT2D eigenvalue weighted by Crippen LogP contribution is 2.42. The third-order valence-electron chi connectivity index (χ3n) is 7.10. The molecule has 2 fully saturated rings. The Morgan fingerprint density at radius 1 is 0.889 bits per heavy atom. The summed E-state index contributed by atoms with van der Waals surface area (Å²) in [6, 6.07) is 17.9. The van der Waals surface area contributed by atoms with Crippen LogP contribution in [0.4, 0.5) is 11.4 Å². The predicted octanol–water partition coefficient (Wildman–Crippen LogP) is 4.02. The highest BCUT2D eigenvalue weighted by molar-refractivity contribution is 6.51. The first-order valence-electron chi connectivity index (χ1n) is 12.3. The number of aliphatic hydroxyl groups excluding tert-OH is 1. The first kappa shape index (κ1) is 23.8. The van der Waals surface area contributed by atoms with E-state index in [9.17, 15) is 14.7 Å². The van der Waals surface area contributed by atoms with Crippen LogP contribution in [0.15, 0.2) is 78.6 Å².